The summed E-state index contributed by atoms with van der Waals surface area (Å²) in [5, 5.41) is 14.8. The second-order valence-corrected chi connectivity index (χ2v) is 8.05. The van der Waals surface area contributed by atoms with Crippen molar-refractivity contribution in [1.82, 2.24) is 20.4 Å². The van der Waals surface area contributed by atoms with Crippen molar-refractivity contribution >= 4 is 34.3 Å². The number of anilines is 1. The lowest BCUT2D eigenvalue weighted by atomic mass is 9.96. The maximum atomic E-state index is 12.4. The summed E-state index contributed by atoms with van der Waals surface area (Å²) < 4.78 is 0. The SMILES string of the molecule is O=C(Nc1nnc(CCN2C(=O)c3ccccc3C2=O)s1)NC1CCCCC1. The molecule has 1 saturated carbocycles. The standard InChI is InChI=1S/C19H21N5O3S/c25-16-13-8-4-5-9-14(13)17(26)24(16)11-10-15-22-23-19(28-15)21-18(27)20-12-6-2-1-3-7-12/h4-5,8-9,12H,1-3,6-7,10-11H2,(H2,20,21,23,27). The molecule has 2 heterocycles. The van der Waals surface area contributed by atoms with Crippen LogP contribution in [0.4, 0.5) is 9.93 Å². The average Bonchev–Trinajstić information content (AvgIpc) is 3.24. The van der Waals surface area contributed by atoms with Crippen LogP contribution in [0.2, 0.25) is 0 Å². The Morgan fingerprint density at radius 2 is 1.75 bits per heavy atom. The quantitative estimate of drug-likeness (QED) is 0.753. The lowest BCUT2D eigenvalue weighted by Gasteiger charge is -2.22. The average molecular weight is 399 g/mol. The fourth-order valence-electron chi connectivity index (χ4n) is 3.62. The third-order valence-electron chi connectivity index (χ3n) is 5.06. The fourth-order valence-corrected chi connectivity index (χ4v) is 4.34. The number of hydrogen-bond donors (Lipinski definition) is 2. The topological polar surface area (TPSA) is 104 Å². The van der Waals surface area contributed by atoms with Gasteiger partial charge in [-0.05, 0) is 25.0 Å². The van der Waals surface area contributed by atoms with Crippen molar-refractivity contribution < 1.29 is 14.4 Å². The molecule has 0 spiro atoms. The smallest absolute Gasteiger partial charge is 0.321 e. The van der Waals surface area contributed by atoms with Gasteiger partial charge in [-0.2, -0.15) is 0 Å². The van der Waals surface area contributed by atoms with Gasteiger partial charge in [-0.15, -0.1) is 10.2 Å². The number of nitrogens with one attached hydrogen (secondary N) is 2. The zero-order valence-electron chi connectivity index (χ0n) is 15.3. The number of aromatic nitrogens is 2. The number of amides is 4. The van der Waals surface area contributed by atoms with Crippen molar-refractivity contribution in [3.8, 4) is 0 Å². The first kappa shape index (κ1) is 18.5. The van der Waals surface area contributed by atoms with Crippen LogP contribution in [0.5, 0.6) is 0 Å². The van der Waals surface area contributed by atoms with Gasteiger partial charge < -0.3 is 5.32 Å². The summed E-state index contributed by atoms with van der Waals surface area (Å²) in [6.45, 7) is 0.231. The maximum absolute atomic E-state index is 12.4. The summed E-state index contributed by atoms with van der Waals surface area (Å²) in [5.41, 5.74) is 0.873. The van der Waals surface area contributed by atoms with Gasteiger partial charge in [-0.25, -0.2) is 4.79 Å². The summed E-state index contributed by atoms with van der Waals surface area (Å²) in [5.74, 6) is -0.564. The van der Waals surface area contributed by atoms with Crippen molar-refractivity contribution in [2.24, 2.45) is 0 Å². The molecule has 1 aliphatic carbocycles. The van der Waals surface area contributed by atoms with Crippen LogP contribution in [0, 0.1) is 0 Å². The van der Waals surface area contributed by atoms with Crippen LogP contribution in [0.1, 0.15) is 57.8 Å². The van der Waals surface area contributed by atoms with Crippen LogP contribution in [0.25, 0.3) is 0 Å². The van der Waals surface area contributed by atoms with Gasteiger partial charge in [0.1, 0.15) is 5.01 Å². The van der Waals surface area contributed by atoms with Crippen LogP contribution in [0.3, 0.4) is 0 Å². The number of fused-ring (bicyclic) bond motifs is 1. The molecule has 2 N–H and O–H groups in total. The summed E-state index contributed by atoms with van der Waals surface area (Å²) in [4.78, 5) is 38.1. The Kier molecular flexibility index (Phi) is 5.34. The van der Waals surface area contributed by atoms with Gasteiger partial charge in [0.25, 0.3) is 11.8 Å². The number of rotatable bonds is 5. The molecule has 4 amide bonds. The highest BCUT2D eigenvalue weighted by Gasteiger charge is 2.34. The van der Waals surface area contributed by atoms with Gasteiger partial charge in [0, 0.05) is 19.0 Å². The Bertz CT molecular complexity index is 871. The predicted octanol–water partition coefficient (Wildman–Crippen LogP) is 2.83. The Balaban J connectivity index is 1.30. The molecule has 0 unspecified atom stereocenters. The van der Waals surface area contributed by atoms with Crippen LogP contribution >= 0.6 is 11.3 Å². The van der Waals surface area contributed by atoms with E-state index in [0.29, 0.717) is 27.7 Å². The maximum Gasteiger partial charge on any atom is 0.321 e. The normalized spacial score (nSPS) is 16.9. The number of urea groups is 1. The molecule has 2 aliphatic rings. The minimum Gasteiger partial charge on any atom is -0.335 e. The summed E-state index contributed by atoms with van der Waals surface area (Å²) in [7, 11) is 0. The van der Waals surface area contributed by atoms with Gasteiger partial charge in [-0.3, -0.25) is 19.8 Å². The van der Waals surface area contributed by atoms with E-state index < -0.39 is 0 Å². The molecular weight excluding hydrogens is 378 g/mol. The van der Waals surface area contributed by atoms with E-state index >= 15 is 0 Å². The van der Waals surface area contributed by atoms with Crippen molar-refractivity contribution in [3.63, 3.8) is 0 Å². The van der Waals surface area contributed by atoms with Gasteiger partial charge in [0.15, 0.2) is 0 Å². The third-order valence-corrected chi connectivity index (χ3v) is 5.95. The van der Waals surface area contributed by atoms with E-state index in [1.54, 1.807) is 24.3 Å². The molecule has 1 fully saturated rings. The second kappa shape index (κ2) is 8.05. The van der Waals surface area contributed by atoms with Crippen LogP contribution in [-0.4, -0.2) is 45.5 Å². The predicted molar refractivity (Wildman–Crippen MR) is 104 cm³/mol. The number of hydrogen-bond acceptors (Lipinski definition) is 6. The molecule has 1 aromatic carbocycles. The highest BCUT2D eigenvalue weighted by atomic mass is 32.1. The van der Waals surface area contributed by atoms with E-state index in [9.17, 15) is 14.4 Å². The second-order valence-electron chi connectivity index (χ2n) is 6.99. The third kappa shape index (κ3) is 3.89. The lowest BCUT2D eigenvalue weighted by molar-refractivity contribution is 0.0656. The van der Waals surface area contributed by atoms with Crippen molar-refractivity contribution in [2.45, 2.75) is 44.6 Å². The van der Waals surface area contributed by atoms with E-state index in [1.165, 1.54) is 22.7 Å². The molecule has 0 atom stereocenters. The zero-order valence-corrected chi connectivity index (χ0v) is 16.1. The molecule has 9 heteroatoms. The van der Waals surface area contributed by atoms with Crippen molar-refractivity contribution in [3.05, 3.63) is 40.4 Å². The van der Waals surface area contributed by atoms with Crippen LogP contribution in [0.15, 0.2) is 24.3 Å². The lowest BCUT2D eigenvalue weighted by Crippen LogP contribution is -2.38. The molecule has 2 aromatic rings. The molecule has 4 rings (SSSR count). The molecular formula is C19H21N5O3S. The first-order valence-electron chi connectivity index (χ1n) is 9.47. The first-order valence-corrected chi connectivity index (χ1v) is 10.3. The number of carbonyl (C=O) groups is 3. The molecule has 8 nitrogen and oxygen atoms in total. The van der Waals surface area contributed by atoms with Gasteiger partial charge in [-0.1, -0.05) is 42.7 Å². The van der Waals surface area contributed by atoms with Crippen LogP contribution < -0.4 is 10.6 Å². The van der Waals surface area contributed by atoms with Crippen LogP contribution in [-0.2, 0) is 6.42 Å². The molecule has 0 radical (unpaired) electrons. The molecule has 0 saturated heterocycles. The summed E-state index contributed by atoms with van der Waals surface area (Å²) in [6.07, 6.45) is 5.93. The summed E-state index contributed by atoms with van der Waals surface area (Å²) >= 11 is 1.25. The zero-order chi connectivity index (χ0) is 19.5. The number of imide groups is 1. The first-order chi connectivity index (χ1) is 13.6. The Hall–Kier alpha value is -2.81. The molecule has 146 valence electrons. The number of carbonyl (C=O) groups excluding carboxylic acids is 3. The van der Waals surface area contributed by atoms with E-state index in [4.69, 9.17) is 0 Å². The Labute approximate surface area is 166 Å². The Morgan fingerprint density at radius 1 is 1.07 bits per heavy atom. The van der Waals surface area contributed by atoms with E-state index in [0.717, 1.165) is 25.7 Å². The molecule has 1 aliphatic heterocycles. The van der Waals surface area contributed by atoms with E-state index in [2.05, 4.69) is 20.8 Å². The number of nitrogens with zero attached hydrogens (tertiary/aromatic N) is 3. The minimum atomic E-state index is -0.282. The summed E-state index contributed by atoms with van der Waals surface area (Å²) in [6, 6.07) is 6.76. The van der Waals surface area contributed by atoms with E-state index in [1.807, 2.05) is 0 Å². The monoisotopic (exact) mass is 399 g/mol. The highest BCUT2D eigenvalue weighted by molar-refractivity contribution is 7.15. The molecule has 1 aromatic heterocycles. The van der Waals surface area contributed by atoms with Gasteiger partial charge in [0.2, 0.25) is 5.13 Å². The molecule has 28 heavy (non-hydrogen) atoms. The van der Waals surface area contributed by atoms with Gasteiger partial charge in [0.05, 0.1) is 11.1 Å². The largest absolute Gasteiger partial charge is 0.335 e. The van der Waals surface area contributed by atoms with E-state index in [-0.39, 0.29) is 30.4 Å². The molecule has 0 bridgehead atoms. The van der Waals surface area contributed by atoms with Crippen molar-refractivity contribution in [1.29, 1.82) is 0 Å². The number of benzene rings is 1. The fraction of sp³-hybridized carbons (Fsp3) is 0.421. The van der Waals surface area contributed by atoms with Crippen molar-refractivity contribution in [2.75, 3.05) is 11.9 Å². The van der Waals surface area contributed by atoms with Gasteiger partial charge >= 0.3 is 6.03 Å². The Morgan fingerprint density at radius 3 is 2.43 bits per heavy atom. The highest BCUT2D eigenvalue weighted by Crippen LogP contribution is 2.24. The minimum absolute atomic E-state index is 0.218.